The van der Waals surface area contributed by atoms with Crippen LogP contribution in [-0.2, 0) is 0 Å². The van der Waals surface area contributed by atoms with Crippen molar-refractivity contribution in [3.63, 3.8) is 0 Å². The van der Waals surface area contributed by atoms with Crippen molar-refractivity contribution in [2.75, 3.05) is 7.11 Å². The normalized spacial score (nSPS) is 21.2. The lowest BCUT2D eigenvalue weighted by molar-refractivity contribution is 0.0681. The minimum atomic E-state index is -0.0970. The van der Waals surface area contributed by atoms with Crippen molar-refractivity contribution in [2.45, 2.75) is 25.3 Å². The third kappa shape index (κ3) is 3.84. The molecule has 4 nitrogen and oxygen atoms in total. The van der Waals surface area contributed by atoms with Crippen molar-refractivity contribution in [3.05, 3.63) is 107 Å². The van der Waals surface area contributed by atoms with Gasteiger partial charge in [0.2, 0.25) is 0 Å². The molecule has 0 aromatic heterocycles. The number of nitrogens with zero attached hydrogens (tertiary/aromatic N) is 2. The van der Waals surface area contributed by atoms with Crippen LogP contribution in [0.5, 0.6) is 5.75 Å². The fourth-order valence-electron chi connectivity index (χ4n) is 4.77. The summed E-state index contributed by atoms with van der Waals surface area (Å²) in [6, 6.07) is 27.8. The highest BCUT2D eigenvalue weighted by atomic mass is 16.5. The standard InChI is InChI=1S/C28H26N2O2/c1-32-24-17-15-22(16-18-24)28(31)30-27(21-11-6-3-7-12-21)25-14-8-13-23(26(25)29-30)19-20-9-4-2-5-10-20/h2-7,9-12,15-19,25,27H,8,13-14H2,1H3/b23-19+. The van der Waals surface area contributed by atoms with E-state index >= 15 is 0 Å². The van der Waals surface area contributed by atoms with Gasteiger partial charge in [-0.05, 0) is 66.3 Å². The molecule has 4 heteroatoms. The van der Waals surface area contributed by atoms with E-state index in [4.69, 9.17) is 9.84 Å². The summed E-state index contributed by atoms with van der Waals surface area (Å²) in [6.07, 6.45) is 5.33. The zero-order valence-electron chi connectivity index (χ0n) is 18.1. The van der Waals surface area contributed by atoms with Gasteiger partial charge in [0, 0.05) is 11.5 Å². The van der Waals surface area contributed by atoms with Crippen LogP contribution in [0.1, 0.15) is 46.8 Å². The summed E-state index contributed by atoms with van der Waals surface area (Å²) in [6.45, 7) is 0. The molecule has 2 aliphatic rings. The molecule has 1 heterocycles. The van der Waals surface area contributed by atoms with E-state index in [2.05, 4.69) is 42.5 Å². The molecule has 0 N–H and O–H groups in total. The maximum absolute atomic E-state index is 13.6. The van der Waals surface area contributed by atoms with Gasteiger partial charge in [-0.2, -0.15) is 5.10 Å². The lowest BCUT2D eigenvalue weighted by atomic mass is 9.77. The van der Waals surface area contributed by atoms with Gasteiger partial charge in [-0.3, -0.25) is 4.79 Å². The fourth-order valence-corrected chi connectivity index (χ4v) is 4.77. The second kappa shape index (κ2) is 8.83. The molecule has 32 heavy (non-hydrogen) atoms. The Bertz CT molecular complexity index is 1150. The first kappa shape index (κ1) is 20.3. The Labute approximate surface area is 188 Å². The number of allylic oxidation sites excluding steroid dienone is 1. The van der Waals surface area contributed by atoms with E-state index in [1.807, 2.05) is 48.5 Å². The van der Waals surface area contributed by atoms with E-state index in [-0.39, 0.29) is 17.9 Å². The summed E-state index contributed by atoms with van der Waals surface area (Å²) in [4.78, 5) is 13.6. The molecule has 0 saturated heterocycles. The summed E-state index contributed by atoms with van der Waals surface area (Å²) in [5.74, 6) is 0.849. The third-order valence-electron chi connectivity index (χ3n) is 6.33. The minimum Gasteiger partial charge on any atom is -0.497 e. The van der Waals surface area contributed by atoms with Crippen molar-refractivity contribution in [1.29, 1.82) is 0 Å². The Morgan fingerprint density at radius 3 is 2.34 bits per heavy atom. The first-order valence-electron chi connectivity index (χ1n) is 11.1. The molecular formula is C28H26N2O2. The maximum atomic E-state index is 13.6. The van der Waals surface area contributed by atoms with Gasteiger partial charge in [-0.15, -0.1) is 0 Å². The predicted molar refractivity (Wildman–Crippen MR) is 128 cm³/mol. The number of amides is 1. The molecule has 0 radical (unpaired) electrons. The molecule has 1 saturated carbocycles. The predicted octanol–water partition coefficient (Wildman–Crippen LogP) is 6.13. The van der Waals surface area contributed by atoms with Crippen LogP contribution in [0.2, 0.25) is 0 Å². The van der Waals surface area contributed by atoms with Gasteiger partial charge in [0.25, 0.3) is 5.91 Å². The largest absolute Gasteiger partial charge is 0.497 e. The first-order valence-corrected chi connectivity index (χ1v) is 11.1. The molecule has 1 aliphatic heterocycles. The Kier molecular flexibility index (Phi) is 5.59. The van der Waals surface area contributed by atoms with Crippen LogP contribution in [-0.4, -0.2) is 23.7 Å². The molecule has 2 unspecified atom stereocenters. The van der Waals surface area contributed by atoms with Gasteiger partial charge in [0.15, 0.2) is 0 Å². The van der Waals surface area contributed by atoms with Crippen LogP contribution >= 0.6 is 0 Å². The summed E-state index contributed by atoms with van der Waals surface area (Å²) >= 11 is 0. The Morgan fingerprint density at radius 2 is 1.66 bits per heavy atom. The number of benzene rings is 3. The zero-order valence-corrected chi connectivity index (χ0v) is 18.1. The highest BCUT2D eigenvalue weighted by Crippen LogP contribution is 2.44. The topological polar surface area (TPSA) is 41.9 Å². The number of methoxy groups -OCH3 is 1. The van der Waals surface area contributed by atoms with Gasteiger partial charge in [-0.1, -0.05) is 60.7 Å². The van der Waals surface area contributed by atoms with Crippen LogP contribution in [0.3, 0.4) is 0 Å². The van der Waals surface area contributed by atoms with E-state index in [1.54, 1.807) is 12.1 Å². The van der Waals surface area contributed by atoms with Crippen LogP contribution in [0.15, 0.2) is 95.6 Å². The van der Waals surface area contributed by atoms with E-state index in [1.165, 1.54) is 11.1 Å². The van der Waals surface area contributed by atoms with Crippen LogP contribution < -0.4 is 4.74 Å². The van der Waals surface area contributed by atoms with Crippen molar-refractivity contribution in [1.82, 2.24) is 5.01 Å². The fraction of sp³-hybridized carbons (Fsp3) is 0.214. The van der Waals surface area contributed by atoms with E-state index < -0.39 is 0 Å². The van der Waals surface area contributed by atoms with Gasteiger partial charge < -0.3 is 4.74 Å². The summed E-state index contributed by atoms with van der Waals surface area (Å²) < 4.78 is 5.25. The Hall–Kier alpha value is -3.66. The molecular weight excluding hydrogens is 396 g/mol. The van der Waals surface area contributed by atoms with Crippen molar-refractivity contribution < 1.29 is 9.53 Å². The average Bonchev–Trinajstić information content (AvgIpc) is 3.25. The molecule has 5 rings (SSSR count). The summed E-state index contributed by atoms with van der Waals surface area (Å²) in [5, 5.41) is 6.67. The number of rotatable bonds is 4. The van der Waals surface area contributed by atoms with Crippen LogP contribution in [0.25, 0.3) is 6.08 Å². The number of fused-ring (bicyclic) bond motifs is 1. The number of hydrogen-bond donors (Lipinski definition) is 0. The minimum absolute atomic E-state index is 0.0810. The molecule has 1 fully saturated rings. The van der Waals surface area contributed by atoms with Crippen LogP contribution in [0.4, 0.5) is 0 Å². The second-order valence-corrected chi connectivity index (χ2v) is 8.30. The monoisotopic (exact) mass is 422 g/mol. The van der Waals surface area contributed by atoms with Crippen molar-refractivity contribution >= 4 is 17.7 Å². The SMILES string of the molecule is COc1ccc(C(=O)N2N=C3/C(=C/c4ccccc4)CCCC3C2c2ccccc2)cc1. The molecule has 160 valence electrons. The number of ether oxygens (including phenoxy) is 1. The third-order valence-corrected chi connectivity index (χ3v) is 6.33. The quantitative estimate of drug-likeness (QED) is 0.507. The molecule has 1 amide bonds. The van der Waals surface area contributed by atoms with Crippen LogP contribution in [0, 0.1) is 5.92 Å². The second-order valence-electron chi connectivity index (χ2n) is 8.30. The van der Waals surface area contributed by atoms with Gasteiger partial charge in [0.1, 0.15) is 5.75 Å². The smallest absolute Gasteiger partial charge is 0.274 e. The van der Waals surface area contributed by atoms with Crippen molar-refractivity contribution in [3.8, 4) is 5.75 Å². The summed E-state index contributed by atoms with van der Waals surface area (Å²) in [5.41, 5.74) is 5.19. The van der Waals surface area contributed by atoms with Gasteiger partial charge >= 0.3 is 0 Å². The highest BCUT2D eigenvalue weighted by Gasteiger charge is 2.43. The maximum Gasteiger partial charge on any atom is 0.274 e. The number of carbonyl (C=O) groups is 1. The van der Waals surface area contributed by atoms with E-state index in [0.717, 1.165) is 36.3 Å². The Morgan fingerprint density at radius 1 is 0.969 bits per heavy atom. The number of carbonyl (C=O) groups excluding carboxylic acids is 1. The van der Waals surface area contributed by atoms with E-state index in [9.17, 15) is 4.79 Å². The van der Waals surface area contributed by atoms with Gasteiger partial charge in [0.05, 0.1) is 18.9 Å². The Balaban J connectivity index is 1.56. The zero-order chi connectivity index (χ0) is 21.9. The molecule has 2 atom stereocenters. The number of hydrazone groups is 1. The molecule has 3 aromatic rings. The lowest BCUT2D eigenvalue weighted by Crippen LogP contribution is -2.31. The van der Waals surface area contributed by atoms with Crippen molar-refractivity contribution in [2.24, 2.45) is 11.0 Å². The summed E-state index contributed by atoms with van der Waals surface area (Å²) in [7, 11) is 1.62. The highest BCUT2D eigenvalue weighted by molar-refractivity contribution is 6.09. The van der Waals surface area contributed by atoms with E-state index in [0.29, 0.717) is 5.56 Å². The molecule has 3 aromatic carbocycles. The molecule has 0 bridgehead atoms. The first-order chi connectivity index (χ1) is 15.7. The average molecular weight is 423 g/mol. The van der Waals surface area contributed by atoms with Gasteiger partial charge in [-0.25, -0.2) is 5.01 Å². The molecule has 1 aliphatic carbocycles. The number of hydrogen-bond acceptors (Lipinski definition) is 3. The molecule has 0 spiro atoms. The lowest BCUT2D eigenvalue weighted by Gasteiger charge is -2.29.